The van der Waals surface area contributed by atoms with Gasteiger partial charge in [0.15, 0.2) is 0 Å². The molecule has 1 rings (SSSR count). The van der Waals surface area contributed by atoms with Crippen LogP contribution in [0.25, 0.3) is 0 Å². The molecule has 76 valence electrons. The Labute approximate surface area is 84.9 Å². The molecule has 1 atom stereocenters. The molecule has 0 aliphatic rings. The quantitative estimate of drug-likeness (QED) is 0.647. The fourth-order valence-electron chi connectivity index (χ4n) is 1.18. The Bertz CT molecular complexity index is 256. The Morgan fingerprint density at radius 3 is 2.71 bits per heavy atom. The second kappa shape index (κ2) is 6.33. The highest BCUT2D eigenvalue weighted by atomic mass is 16.5. The highest BCUT2D eigenvalue weighted by Crippen LogP contribution is 2.04. The van der Waals surface area contributed by atoms with Crippen LogP contribution in [-0.4, -0.2) is 12.9 Å². The van der Waals surface area contributed by atoms with Crippen molar-refractivity contribution in [2.45, 2.75) is 20.0 Å². The number of ether oxygens (including phenoxy) is 1. The van der Waals surface area contributed by atoms with E-state index in [2.05, 4.69) is 0 Å². The first-order chi connectivity index (χ1) is 6.83. The molecule has 0 spiro atoms. The number of hydrogen-bond donors (Lipinski definition) is 0. The smallest absolute Gasteiger partial charge is 0.120 e. The van der Waals surface area contributed by atoms with E-state index >= 15 is 0 Å². The van der Waals surface area contributed by atoms with Crippen LogP contribution in [0.3, 0.4) is 0 Å². The number of aldehydes is 1. The van der Waals surface area contributed by atoms with Crippen LogP contribution in [-0.2, 0) is 16.1 Å². The Kier molecular flexibility index (Phi) is 4.94. The standard InChI is InChI=1S/C12H16O2/c1-11(7-8-13)9-14-10-12-5-3-2-4-6-12/h2-6,8,11H,7,9-10H2,1H3/t11-/m1/s1. The molecule has 0 heterocycles. The Morgan fingerprint density at radius 2 is 2.07 bits per heavy atom. The first-order valence-corrected chi connectivity index (χ1v) is 4.88. The van der Waals surface area contributed by atoms with E-state index in [1.54, 1.807) is 0 Å². The third-order valence-electron chi connectivity index (χ3n) is 2.01. The lowest BCUT2D eigenvalue weighted by atomic mass is 10.1. The SMILES string of the molecule is C[C@H](CC=O)COCc1ccccc1. The number of hydrogen-bond acceptors (Lipinski definition) is 2. The van der Waals surface area contributed by atoms with E-state index in [9.17, 15) is 4.79 Å². The van der Waals surface area contributed by atoms with Crippen LogP contribution in [0.1, 0.15) is 18.9 Å². The van der Waals surface area contributed by atoms with Crippen molar-refractivity contribution in [2.75, 3.05) is 6.61 Å². The van der Waals surface area contributed by atoms with Crippen molar-refractivity contribution in [1.82, 2.24) is 0 Å². The maximum atomic E-state index is 10.2. The number of carbonyl (C=O) groups excluding carboxylic acids is 1. The van der Waals surface area contributed by atoms with Crippen molar-refractivity contribution in [3.63, 3.8) is 0 Å². The number of benzene rings is 1. The van der Waals surface area contributed by atoms with Gasteiger partial charge in [0.25, 0.3) is 0 Å². The summed E-state index contributed by atoms with van der Waals surface area (Å²) in [4.78, 5) is 10.2. The Hall–Kier alpha value is -1.15. The minimum atomic E-state index is 0.316. The molecule has 0 unspecified atom stereocenters. The van der Waals surface area contributed by atoms with Crippen LogP contribution in [0.2, 0.25) is 0 Å². The molecule has 0 amide bonds. The van der Waals surface area contributed by atoms with Gasteiger partial charge in [-0.3, -0.25) is 0 Å². The predicted octanol–water partition coefficient (Wildman–Crippen LogP) is 2.43. The molecule has 0 saturated heterocycles. The van der Waals surface area contributed by atoms with Crippen LogP contribution < -0.4 is 0 Å². The van der Waals surface area contributed by atoms with Crippen LogP contribution in [0.5, 0.6) is 0 Å². The summed E-state index contributed by atoms with van der Waals surface area (Å²) in [6.07, 6.45) is 1.52. The molecule has 1 aromatic rings. The summed E-state index contributed by atoms with van der Waals surface area (Å²) in [5.74, 6) is 0.316. The van der Waals surface area contributed by atoms with E-state index in [1.807, 2.05) is 37.3 Å². The highest BCUT2D eigenvalue weighted by molar-refractivity contribution is 5.49. The molecule has 14 heavy (non-hydrogen) atoms. The molecule has 0 aliphatic heterocycles. The van der Waals surface area contributed by atoms with Crippen molar-refractivity contribution in [1.29, 1.82) is 0 Å². The van der Waals surface area contributed by atoms with Crippen molar-refractivity contribution in [3.8, 4) is 0 Å². The molecule has 2 heteroatoms. The fraction of sp³-hybridized carbons (Fsp3) is 0.417. The fourth-order valence-corrected chi connectivity index (χ4v) is 1.18. The molecule has 1 aromatic carbocycles. The van der Waals surface area contributed by atoms with Crippen LogP contribution in [0.15, 0.2) is 30.3 Å². The van der Waals surface area contributed by atoms with Gasteiger partial charge in [-0.2, -0.15) is 0 Å². The van der Waals surface area contributed by atoms with Gasteiger partial charge in [0, 0.05) is 13.0 Å². The predicted molar refractivity (Wildman–Crippen MR) is 55.9 cm³/mol. The summed E-state index contributed by atoms with van der Waals surface area (Å²) in [5, 5.41) is 0. The van der Waals surface area contributed by atoms with E-state index in [4.69, 9.17) is 4.74 Å². The van der Waals surface area contributed by atoms with Crippen molar-refractivity contribution in [2.24, 2.45) is 5.92 Å². The first kappa shape index (κ1) is 10.9. The normalized spacial score (nSPS) is 12.4. The van der Waals surface area contributed by atoms with Crippen molar-refractivity contribution in [3.05, 3.63) is 35.9 Å². The summed E-state index contributed by atoms with van der Waals surface area (Å²) < 4.78 is 5.48. The maximum Gasteiger partial charge on any atom is 0.120 e. The number of rotatable bonds is 6. The summed E-state index contributed by atoms with van der Waals surface area (Å²) in [7, 11) is 0. The first-order valence-electron chi connectivity index (χ1n) is 4.88. The third-order valence-corrected chi connectivity index (χ3v) is 2.01. The van der Waals surface area contributed by atoms with E-state index in [0.29, 0.717) is 25.6 Å². The van der Waals surface area contributed by atoms with E-state index in [0.717, 1.165) is 6.29 Å². The van der Waals surface area contributed by atoms with Gasteiger partial charge in [0.1, 0.15) is 6.29 Å². The summed E-state index contributed by atoms with van der Waals surface area (Å²) in [5.41, 5.74) is 1.17. The molecule has 0 aliphatic carbocycles. The van der Waals surface area contributed by atoms with Gasteiger partial charge in [-0.15, -0.1) is 0 Å². The minimum absolute atomic E-state index is 0.316. The Balaban J connectivity index is 2.18. The second-order valence-electron chi connectivity index (χ2n) is 3.51. The van der Waals surface area contributed by atoms with Gasteiger partial charge >= 0.3 is 0 Å². The van der Waals surface area contributed by atoms with Crippen LogP contribution in [0.4, 0.5) is 0 Å². The van der Waals surface area contributed by atoms with Crippen LogP contribution >= 0.6 is 0 Å². The molecular weight excluding hydrogens is 176 g/mol. The third kappa shape index (κ3) is 4.19. The lowest BCUT2D eigenvalue weighted by Gasteiger charge is -2.08. The lowest BCUT2D eigenvalue weighted by Crippen LogP contribution is -2.06. The van der Waals surface area contributed by atoms with E-state index in [1.165, 1.54) is 5.56 Å². The molecule has 0 radical (unpaired) electrons. The zero-order valence-corrected chi connectivity index (χ0v) is 8.48. The van der Waals surface area contributed by atoms with Gasteiger partial charge in [0.05, 0.1) is 6.61 Å². The summed E-state index contributed by atoms with van der Waals surface area (Å²) >= 11 is 0. The molecule has 0 saturated carbocycles. The molecule has 2 nitrogen and oxygen atoms in total. The topological polar surface area (TPSA) is 26.3 Å². The average molecular weight is 192 g/mol. The zero-order valence-electron chi connectivity index (χ0n) is 8.48. The molecule has 0 N–H and O–H groups in total. The summed E-state index contributed by atoms with van der Waals surface area (Å²) in [6.45, 7) is 3.29. The Morgan fingerprint density at radius 1 is 1.36 bits per heavy atom. The minimum Gasteiger partial charge on any atom is -0.376 e. The van der Waals surface area contributed by atoms with Gasteiger partial charge in [-0.1, -0.05) is 37.3 Å². The van der Waals surface area contributed by atoms with Gasteiger partial charge in [-0.05, 0) is 11.5 Å². The summed E-state index contributed by atoms with van der Waals surface area (Å²) in [6, 6.07) is 10.0. The maximum absolute atomic E-state index is 10.2. The van der Waals surface area contributed by atoms with Gasteiger partial charge < -0.3 is 9.53 Å². The van der Waals surface area contributed by atoms with Crippen molar-refractivity contribution < 1.29 is 9.53 Å². The molecule has 0 aromatic heterocycles. The molecule has 0 bridgehead atoms. The molecular formula is C12H16O2. The van der Waals surface area contributed by atoms with E-state index in [-0.39, 0.29) is 0 Å². The van der Waals surface area contributed by atoms with E-state index < -0.39 is 0 Å². The second-order valence-corrected chi connectivity index (χ2v) is 3.51. The van der Waals surface area contributed by atoms with Crippen molar-refractivity contribution >= 4 is 6.29 Å². The zero-order chi connectivity index (χ0) is 10.2. The number of carbonyl (C=O) groups is 1. The average Bonchev–Trinajstić information content (AvgIpc) is 2.20. The van der Waals surface area contributed by atoms with Gasteiger partial charge in [0.2, 0.25) is 0 Å². The van der Waals surface area contributed by atoms with Crippen LogP contribution in [0, 0.1) is 5.92 Å². The monoisotopic (exact) mass is 192 g/mol. The lowest BCUT2D eigenvalue weighted by molar-refractivity contribution is -0.109. The highest BCUT2D eigenvalue weighted by Gasteiger charge is 2.00. The van der Waals surface area contributed by atoms with Gasteiger partial charge in [-0.25, -0.2) is 0 Å². The largest absolute Gasteiger partial charge is 0.376 e. The molecule has 0 fully saturated rings.